The van der Waals surface area contributed by atoms with Gasteiger partial charge in [0, 0.05) is 6.54 Å². The molecule has 0 fully saturated rings. The van der Waals surface area contributed by atoms with Gasteiger partial charge in [0.1, 0.15) is 6.54 Å². The third-order valence-corrected chi connectivity index (χ3v) is 2.51. The Morgan fingerprint density at radius 3 is 3.00 bits per heavy atom. The van der Waals surface area contributed by atoms with E-state index in [0.717, 1.165) is 24.7 Å². The summed E-state index contributed by atoms with van der Waals surface area (Å²) in [6.07, 6.45) is 3.54. The van der Waals surface area contributed by atoms with Crippen LogP contribution in [0.5, 0.6) is 0 Å². The van der Waals surface area contributed by atoms with E-state index in [1.807, 2.05) is 17.7 Å². The van der Waals surface area contributed by atoms with Crippen molar-refractivity contribution in [2.45, 2.75) is 13.8 Å². The van der Waals surface area contributed by atoms with Crippen LogP contribution in [-0.2, 0) is 0 Å². The minimum absolute atomic E-state index is 0.402. The molecule has 0 saturated heterocycles. The highest BCUT2D eigenvalue weighted by Gasteiger charge is 2.39. The molecule has 2 rings (SSSR count). The molecule has 0 saturated carbocycles. The van der Waals surface area contributed by atoms with Crippen LogP contribution in [0, 0.1) is 0 Å². The predicted molar refractivity (Wildman–Crippen MR) is 53.9 cm³/mol. The van der Waals surface area contributed by atoms with Gasteiger partial charge in [0.05, 0.1) is 6.08 Å². The molecule has 1 aliphatic heterocycles. The summed E-state index contributed by atoms with van der Waals surface area (Å²) in [5, 5.41) is 7.83. The lowest BCUT2D eigenvalue weighted by molar-refractivity contribution is 0.116. The third-order valence-electron chi connectivity index (χ3n) is 2.51. The summed E-state index contributed by atoms with van der Waals surface area (Å²) >= 11 is 0. The van der Waals surface area contributed by atoms with Gasteiger partial charge in [-0.25, -0.2) is 0 Å². The Morgan fingerprint density at radius 1 is 1.57 bits per heavy atom. The summed E-state index contributed by atoms with van der Waals surface area (Å²) in [5.74, 6) is 1.55. The highest BCUT2D eigenvalue weighted by atomic mass is 15.9. The predicted octanol–water partition coefficient (Wildman–Crippen LogP) is -0.468. The highest BCUT2D eigenvalue weighted by Crippen LogP contribution is 2.19. The minimum atomic E-state index is 0.402. The van der Waals surface area contributed by atoms with Gasteiger partial charge in [-0.2, -0.15) is 0 Å². The SMILES string of the molecule is CCN[N+]1(CC)C(N)=Cc2nncn21. The fourth-order valence-corrected chi connectivity index (χ4v) is 1.84. The molecule has 0 bridgehead atoms. The van der Waals surface area contributed by atoms with E-state index < -0.39 is 0 Å². The van der Waals surface area contributed by atoms with E-state index in [4.69, 9.17) is 5.73 Å². The van der Waals surface area contributed by atoms with Crippen molar-refractivity contribution in [2.24, 2.45) is 5.73 Å². The van der Waals surface area contributed by atoms with E-state index >= 15 is 0 Å². The monoisotopic (exact) mass is 195 g/mol. The number of aromatic nitrogens is 3. The molecule has 1 aromatic rings. The lowest BCUT2D eigenvalue weighted by atomic mass is 10.5. The van der Waals surface area contributed by atoms with E-state index in [2.05, 4.69) is 22.5 Å². The number of nitrogens with one attached hydrogen (secondary N) is 1. The second-order valence-corrected chi connectivity index (χ2v) is 3.20. The number of rotatable bonds is 3. The zero-order chi connectivity index (χ0) is 10.2. The summed E-state index contributed by atoms with van der Waals surface area (Å²) < 4.78 is 2.33. The molecule has 1 aromatic heterocycles. The minimum Gasteiger partial charge on any atom is -0.351 e. The van der Waals surface area contributed by atoms with Crippen molar-refractivity contribution in [3.63, 3.8) is 0 Å². The van der Waals surface area contributed by atoms with Crippen LogP contribution in [0.4, 0.5) is 0 Å². The first-order valence-electron chi connectivity index (χ1n) is 4.76. The highest BCUT2D eigenvalue weighted by molar-refractivity contribution is 5.50. The van der Waals surface area contributed by atoms with Crippen molar-refractivity contribution >= 4 is 6.08 Å². The van der Waals surface area contributed by atoms with Crippen LogP contribution >= 0.6 is 0 Å². The van der Waals surface area contributed by atoms with Gasteiger partial charge in [-0.3, -0.25) is 0 Å². The van der Waals surface area contributed by atoms with E-state index in [0.29, 0.717) is 4.70 Å². The average Bonchev–Trinajstić information content (AvgIpc) is 2.70. The average molecular weight is 195 g/mol. The number of hydrogen-bond donors (Lipinski definition) is 2. The lowest BCUT2D eigenvalue weighted by Crippen LogP contribution is -2.65. The summed E-state index contributed by atoms with van der Waals surface area (Å²) in [4.78, 5) is 0. The first-order chi connectivity index (χ1) is 6.74. The molecule has 0 radical (unpaired) electrons. The third kappa shape index (κ3) is 0.978. The Hall–Kier alpha value is -1.40. The fraction of sp³-hybridized carbons (Fsp3) is 0.500. The summed E-state index contributed by atoms with van der Waals surface area (Å²) in [6.45, 7) is 5.77. The Morgan fingerprint density at radius 2 is 2.36 bits per heavy atom. The zero-order valence-corrected chi connectivity index (χ0v) is 8.44. The maximum Gasteiger partial charge on any atom is 0.248 e. The fourth-order valence-electron chi connectivity index (χ4n) is 1.84. The van der Waals surface area contributed by atoms with Gasteiger partial charge >= 0.3 is 0 Å². The Kier molecular flexibility index (Phi) is 2.01. The van der Waals surface area contributed by atoms with Crippen molar-refractivity contribution in [1.82, 2.24) is 25.0 Å². The van der Waals surface area contributed by atoms with Crippen molar-refractivity contribution < 1.29 is 0 Å². The summed E-state index contributed by atoms with van der Waals surface area (Å²) in [5.41, 5.74) is 9.31. The molecule has 6 nitrogen and oxygen atoms in total. The van der Waals surface area contributed by atoms with E-state index in [1.165, 1.54) is 0 Å². The molecule has 0 aliphatic carbocycles. The number of fused-ring (bicyclic) bond motifs is 1. The van der Waals surface area contributed by atoms with E-state index in [9.17, 15) is 0 Å². The van der Waals surface area contributed by atoms with Gasteiger partial charge in [0.2, 0.25) is 11.6 Å². The number of nitrogens with zero attached hydrogens (tertiary/aromatic N) is 4. The molecule has 0 spiro atoms. The molecule has 1 unspecified atom stereocenters. The van der Waals surface area contributed by atoms with Crippen LogP contribution in [-0.4, -0.2) is 28.0 Å². The maximum atomic E-state index is 5.99. The smallest absolute Gasteiger partial charge is 0.248 e. The second kappa shape index (κ2) is 3.07. The molecule has 3 N–H and O–H groups in total. The van der Waals surface area contributed by atoms with Crippen LogP contribution in [0.3, 0.4) is 0 Å². The van der Waals surface area contributed by atoms with Crippen molar-refractivity contribution in [1.29, 1.82) is 0 Å². The zero-order valence-electron chi connectivity index (χ0n) is 8.44. The quantitative estimate of drug-likeness (QED) is 0.640. The number of quaternary nitrogens is 1. The molecule has 14 heavy (non-hydrogen) atoms. The Labute approximate surface area is 82.6 Å². The molecular weight excluding hydrogens is 180 g/mol. The van der Waals surface area contributed by atoms with Crippen LogP contribution in [0.2, 0.25) is 0 Å². The molecular formula is C8H15N6+. The largest absolute Gasteiger partial charge is 0.351 e. The first kappa shape index (κ1) is 9.17. The summed E-state index contributed by atoms with van der Waals surface area (Å²) in [6, 6.07) is 0. The van der Waals surface area contributed by atoms with E-state index in [-0.39, 0.29) is 0 Å². The van der Waals surface area contributed by atoms with Crippen LogP contribution < -0.4 is 15.9 Å². The van der Waals surface area contributed by atoms with Gasteiger partial charge in [0.15, 0.2) is 6.33 Å². The molecule has 0 amide bonds. The lowest BCUT2D eigenvalue weighted by Gasteiger charge is -2.31. The number of hydrogen-bond acceptors (Lipinski definition) is 4. The van der Waals surface area contributed by atoms with Gasteiger partial charge in [-0.05, 0) is 13.8 Å². The van der Waals surface area contributed by atoms with Gasteiger partial charge in [-0.15, -0.1) is 20.3 Å². The molecule has 1 aliphatic rings. The normalized spacial score (nSPS) is 24.9. The second-order valence-electron chi connectivity index (χ2n) is 3.20. The van der Waals surface area contributed by atoms with Gasteiger partial charge < -0.3 is 5.73 Å². The summed E-state index contributed by atoms with van der Waals surface area (Å²) in [7, 11) is 0. The number of nitrogens with two attached hydrogens (primary N) is 1. The van der Waals surface area contributed by atoms with Crippen molar-refractivity contribution in [3.8, 4) is 0 Å². The molecule has 6 heteroatoms. The van der Waals surface area contributed by atoms with Crippen molar-refractivity contribution in [2.75, 3.05) is 13.1 Å². The van der Waals surface area contributed by atoms with Gasteiger partial charge in [-0.1, -0.05) is 4.70 Å². The van der Waals surface area contributed by atoms with Gasteiger partial charge in [0.25, 0.3) is 0 Å². The molecule has 0 aromatic carbocycles. The Bertz CT molecular complexity index is 368. The molecule has 2 heterocycles. The van der Waals surface area contributed by atoms with Crippen LogP contribution in [0.25, 0.3) is 6.08 Å². The van der Waals surface area contributed by atoms with Crippen LogP contribution in [0.15, 0.2) is 12.1 Å². The maximum absolute atomic E-state index is 5.99. The Balaban J connectivity index is 2.48. The molecule has 1 atom stereocenters. The van der Waals surface area contributed by atoms with E-state index in [1.54, 1.807) is 6.33 Å². The standard InChI is InChI=1S/C8H15N6/c1-3-11-14(4-2)7(9)5-8-12-10-6-13(8)14/h5-6,11H,3-4,9H2,1-2H3/q+1. The van der Waals surface area contributed by atoms with Crippen LogP contribution in [0.1, 0.15) is 19.7 Å². The first-order valence-corrected chi connectivity index (χ1v) is 4.76. The topological polar surface area (TPSA) is 68.8 Å². The molecule has 76 valence electrons. The van der Waals surface area contributed by atoms with Crippen molar-refractivity contribution in [3.05, 3.63) is 18.0 Å².